The molecule has 5 heteroatoms. The van der Waals surface area contributed by atoms with E-state index in [1.165, 1.54) is 0 Å². The van der Waals surface area contributed by atoms with Gasteiger partial charge in [0.25, 0.3) is 0 Å². The van der Waals surface area contributed by atoms with Crippen molar-refractivity contribution < 1.29 is 19.1 Å². The maximum Gasteiger partial charge on any atom is 0.327 e. The molecule has 0 aromatic carbocycles. The van der Waals surface area contributed by atoms with Crippen LogP contribution in [-0.2, 0) is 19.1 Å². The lowest BCUT2D eigenvalue weighted by Crippen LogP contribution is -2.54. The largest absolute Gasteiger partial charge is 0.458 e. The molecule has 27 heavy (non-hydrogen) atoms. The first-order valence-corrected chi connectivity index (χ1v) is 10.2. The van der Waals surface area contributed by atoms with Crippen LogP contribution in [0.15, 0.2) is 0 Å². The van der Waals surface area contributed by atoms with E-state index in [9.17, 15) is 14.9 Å². The van der Waals surface area contributed by atoms with Crippen molar-refractivity contribution in [3.63, 3.8) is 0 Å². The first kappa shape index (κ1) is 20.2. The first-order chi connectivity index (χ1) is 12.3. The number of ether oxygens (including phenoxy) is 2. The van der Waals surface area contributed by atoms with Gasteiger partial charge in [0.2, 0.25) is 0 Å². The summed E-state index contributed by atoms with van der Waals surface area (Å²) in [6.45, 7) is 14.5. The van der Waals surface area contributed by atoms with Gasteiger partial charge in [-0.2, -0.15) is 5.26 Å². The maximum absolute atomic E-state index is 13.5. The molecule has 0 aromatic heterocycles. The van der Waals surface area contributed by atoms with Crippen LogP contribution in [-0.4, -0.2) is 24.1 Å². The topological polar surface area (TPSA) is 76.4 Å². The van der Waals surface area contributed by atoms with Gasteiger partial charge >= 0.3 is 11.9 Å². The Bertz CT molecular complexity index is 700. The molecular weight excluding hydrogens is 342 g/mol. The van der Waals surface area contributed by atoms with E-state index in [2.05, 4.69) is 47.6 Å². The fraction of sp³-hybridized carbons (Fsp3) is 0.864. The zero-order chi connectivity index (χ0) is 20.4. The maximum atomic E-state index is 13.5. The molecule has 0 amide bonds. The van der Waals surface area contributed by atoms with Crippen molar-refractivity contribution >= 4 is 11.9 Å². The van der Waals surface area contributed by atoms with E-state index in [-0.39, 0.29) is 28.6 Å². The third-order valence-electron chi connectivity index (χ3n) is 8.37. The normalized spacial score (nSPS) is 37.3. The molecule has 0 radical (unpaired) electrons. The number of esters is 2. The van der Waals surface area contributed by atoms with Gasteiger partial charge in [0, 0.05) is 5.92 Å². The molecule has 0 N–H and O–H groups in total. The van der Waals surface area contributed by atoms with Gasteiger partial charge in [-0.1, -0.05) is 41.5 Å². The molecule has 6 unspecified atom stereocenters. The Morgan fingerprint density at radius 2 is 1.89 bits per heavy atom. The minimum Gasteiger partial charge on any atom is -0.458 e. The van der Waals surface area contributed by atoms with Crippen LogP contribution < -0.4 is 0 Å². The average Bonchev–Trinajstić information content (AvgIpc) is 3.03. The summed E-state index contributed by atoms with van der Waals surface area (Å²) in [6, 6.07) is 2.24. The van der Waals surface area contributed by atoms with Gasteiger partial charge in [-0.3, -0.25) is 9.59 Å². The molecular formula is C22H33NO4. The number of fused-ring (bicyclic) bond motifs is 1. The highest BCUT2D eigenvalue weighted by Gasteiger charge is 2.68. The third-order valence-corrected chi connectivity index (χ3v) is 8.37. The summed E-state index contributed by atoms with van der Waals surface area (Å²) < 4.78 is 11.7. The Balaban J connectivity index is 1.89. The lowest BCUT2D eigenvalue weighted by atomic mass is 9.53. The highest BCUT2D eigenvalue weighted by atomic mass is 16.6. The first-order valence-electron chi connectivity index (χ1n) is 10.2. The smallest absolute Gasteiger partial charge is 0.327 e. The summed E-state index contributed by atoms with van der Waals surface area (Å²) in [5.74, 6) is -0.544. The molecule has 1 aliphatic heterocycles. The average molecular weight is 376 g/mol. The van der Waals surface area contributed by atoms with Gasteiger partial charge in [0.1, 0.15) is 12.2 Å². The highest BCUT2D eigenvalue weighted by Crippen LogP contribution is 2.60. The van der Waals surface area contributed by atoms with Crippen molar-refractivity contribution in [2.45, 2.75) is 86.4 Å². The second kappa shape index (κ2) is 5.96. The molecule has 150 valence electrons. The van der Waals surface area contributed by atoms with E-state index in [0.717, 1.165) is 12.8 Å². The van der Waals surface area contributed by atoms with Crippen molar-refractivity contribution in [2.24, 2.45) is 33.5 Å². The molecule has 2 bridgehead atoms. The second-order valence-electron chi connectivity index (χ2n) is 10.7. The van der Waals surface area contributed by atoms with Crippen LogP contribution in [0.5, 0.6) is 0 Å². The van der Waals surface area contributed by atoms with Crippen LogP contribution in [0.25, 0.3) is 0 Å². The summed E-state index contributed by atoms with van der Waals surface area (Å²) in [5.41, 5.74) is -2.26. The van der Waals surface area contributed by atoms with Crippen molar-refractivity contribution in [2.75, 3.05) is 0 Å². The van der Waals surface area contributed by atoms with Crippen molar-refractivity contribution in [3.8, 4) is 6.07 Å². The lowest BCUT2D eigenvalue weighted by molar-refractivity contribution is -0.192. The molecule has 3 rings (SSSR count). The van der Waals surface area contributed by atoms with E-state index in [0.29, 0.717) is 12.8 Å². The fourth-order valence-corrected chi connectivity index (χ4v) is 5.68. The standard InChI is InChI=1S/C22H33NO4/c1-8-20(5,6)21(7,19(2,3)4)17(24)26-15-10-13-9-14-16(15)27-18(25)22(14,11-13)12-23/h13-16H,8-11H2,1-7H3. The molecule has 2 aliphatic carbocycles. The molecule has 3 aliphatic rings. The summed E-state index contributed by atoms with van der Waals surface area (Å²) >= 11 is 0. The zero-order valence-corrected chi connectivity index (χ0v) is 17.7. The van der Waals surface area contributed by atoms with Crippen LogP contribution in [0.4, 0.5) is 0 Å². The Labute approximate surface area is 162 Å². The Kier molecular flexibility index (Phi) is 4.45. The summed E-state index contributed by atoms with van der Waals surface area (Å²) in [5, 5.41) is 9.64. The number of carbonyl (C=O) groups is 2. The summed E-state index contributed by atoms with van der Waals surface area (Å²) in [7, 11) is 0. The van der Waals surface area contributed by atoms with Gasteiger partial charge in [-0.25, -0.2) is 0 Å². The zero-order valence-electron chi connectivity index (χ0n) is 17.7. The summed E-state index contributed by atoms with van der Waals surface area (Å²) in [4.78, 5) is 25.9. The number of nitriles is 1. The number of hydrogen-bond acceptors (Lipinski definition) is 5. The van der Waals surface area contributed by atoms with Crippen LogP contribution in [0.2, 0.25) is 0 Å². The quantitative estimate of drug-likeness (QED) is 0.687. The molecule has 6 atom stereocenters. The highest BCUT2D eigenvalue weighted by molar-refractivity contribution is 5.84. The van der Waals surface area contributed by atoms with Crippen LogP contribution >= 0.6 is 0 Å². The molecule has 3 fully saturated rings. The van der Waals surface area contributed by atoms with Crippen molar-refractivity contribution in [1.29, 1.82) is 5.26 Å². The van der Waals surface area contributed by atoms with Gasteiger partial charge in [-0.05, 0) is 49.4 Å². The van der Waals surface area contributed by atoms with Gasteiger partial charge in [0.05, 0.1) is 11.5 Å². The van der Waals surface area contributed by atoms with Crippen LogP contribution in [0.3, 0.4) is 0 Å². The van der Waals surface area contributed by atoms with E-state index >= 15 is 0 Å². The van der Waals surface area contributed by atoms with E-state index in [1.807, 2.05) is 6.92 Å². The fourth-order valence-electron chi connectivity index (χ4n) is 5.68. The second-order valence-corrected chi connectivity index (χ2v) is 10.7. The SMILES string of the molecule is CCC(C)(C)C(C)(C(=O)OC1CC2CC3C1OC(=O)C3(C#N)C2)C(C)(C)C. The molecule has 2 saturated carbocycles. The molecule has 5 nitrogen and oxygen atoms in total. The predicted molar refractivity (Wildman–Crippen MR) is 100 cm³/mol. The van der Waals surface area contributed by atoms with Gasteiger partial charge in [0.15, 0.2) is 5.41 Å². The molecule has 0 aromatic rings. The third kappa shape index (κ3) is 2.55. The number of carbonyl (C=O) groups excluding carboxylic acids is 2. The van der Waals surface area contributed by atoms with E-state index in [4.69, 9.17) is 9.47 Å². The van der Waals surface area contributed by atoms with Crippen LogP contribution in [0, 0.1) is 44.8 Å². The predicted octanol–water partition coefficient (Wildman–Crippen LogP) is 4.25. The molecule has 1 saturated heterocycles. The van der Waals surface area contributed by atoms with Gasteiger partial charge < -0.3 is 9.47 Å². The number of hydrogen-bond donors (Lipinski definition) is 0. The molecule has 0 spiro atoms. The molecule has 1 heterocycles. The Hall–Kier alpha value is -1.57. The Morgan fingerprint density at radius 1 is 1.26 bits per heavy atom. The number of rotatable bonds is 4. The number of nitrogens with zero attached hydrogens (tertiary/aromatic N) is 1. The van der Waals surface area contributed by atoms with Gasteiger partial charge in [-0.15, -0.1) is 0 Å². The Morgan fingerprint density at radius 3 is 2.41 bits per heavy atom. The van der Waals surface area contributed by atoms with E-state index in [1.54, 1.807) is 0 Å². The minimum absolute atomic E-state index is 0.147. The lowest BCUT2D eigenvalue weighted by Gasteiger charge is -2.51. The monoisotopic (exact) mass is 375 g/mol. The summed E-state index contributed by atoms with van der Waals surface area (Å²) in [6.07, 6.45) is 1.95. The van der Waals surface area contributed by atoms with Crippen LogP contribution in [0.1, 0.15) is 74.1 Å². The van der Waals surface area contributed by atoms with Crippen molar-refractivity contribution in [3.05, 3.63) is 0 Å². The van der Waals surface area contributed by atoms with Crippen molar-refractivity contribution in [1.82, 2.24) is 0 Å². The minimum atomic E-state index is -1.02. The van der Waals surface area contributed by atoms with E-state index < -0.39 is 29.0 Å².